The number of carbonyl (C=O) groups is 2. The lowest BCUT2D eigenvalue weighted by atomic mass is 9.68. The molecule has 9 heteroatoms. The molecule has 1 aliphatic carbocycles. The zero-order valence-electron chi connectivity index (χ0n) is 27.9. The molecular formula is C40H45ClN2O6. The van der Waals surface area contributed by atoms with Crippen LogP contribution in [0.2, 0.25) is 5.02 Å². The number of phenolic OH excluding ortho intramolecular Hbond substituents is 1. The zero-order valence-corrected chi connectivity index (χ0v) is 28.6. The van der Waals surface area contributed by atoms with Crippen LogP contribution in [0, 0.1) is 17.8 Å². The SMILES string of the molecule is COCC1=C([C@H](O)CC/C(=C/c2ccc(O)cc2Cl)c2ccccc2)[C@H](CO)[C@@H]2C(=O)N(C3CCN(Cc4ccccc4)CC3)C(=O)[C@@H]2C1. The normalized spacial score (nSPS) is 22.9. The van der Waals surface area contributed by atoms with Gasteiger partial charge >= 0.3 is 0 Å². The summed E-state index contributed by atoms with van der Waals surface area (Å²) in [6.45, 7) is 2.27. The number of phenols is 1. The molecule has 2 amide bonds. The van der Waals surface area contributed by atoms with Crippen molar-refractivity contribution < 1.29 is 29.6 Å². The fraction of sp³-hybridized carbons (Fsp3) is 0.400. The maximum atomic E-state index is 14.1. The van der Waals surface area contributed by atoms with Crippen LogP contribution in [0.4, 0.5) is 0 Å². The Morgan fingerprint density at radius 3 is 2.35 bits per heavy atom. The number of aliphatic hydroxyl groups is 2. The van der Waals surface area contributed by atoms with E-state index >= 15 is 0 Å². The predicted molar refractivity (Wildman–Crippen MR) is 190 cm³/mol. The van der Waals surface area contributed by atoms with Gasteiger partial charge in [0.25, 0.3) is 0 Å². The van der Waals surface area contributed by atoms with Gasteiger partial charge in [-0.25, -0.2) is 0 Å². The molecule has 2 saturated heterocycles. The van der Waals surface area contributed by atoms with E-state index in [-0.39, 0.29) is 36.8 Å². The Labute approximate surface area is 293 Å². The number of likely N-dealkylation sites (tertiary alicyclic amines) is 2. The molecule has 0 radical (unpaired) electrons. The third-order valence-electron chi connectivity index (χ3n) is 10.4. The number of piperidine rings is 1. The molecule has 2 fully saturated rings. The minimum absolute atomic E-state index is 0.0779. The van der Waals surface area contributed by atoms with Crippen molar-refractivity contribution in [1.29, 1.82) is 0 Å². The fourth-order valence-electron chi connectivity index (χ4n) is 8.05. The van der Waals surface area contributed by atoms with Crippen LogP contribution in [0.5, 0.6) is 5.75 Å². The summed E-state index contributed by atoms with van der Waals surface area (Å²) in [6, 6.07) is 24.8. The molecule has 4 atom stereocenters. The van der Waals surface area contributed by atoms with Gasteiger partial charge < -0.3 is 20.1 Å². The average Bonchev–Trinajstić information content (AvgIpc) is 3.36. The number of hydrogen-bond donors (Lipinski definition) is 3. The van der Waals surface area contributed by atoms with Crippen molar-refractivity contribution in [3.8, 4) is 5.75 Å². The Bertz CT molecular complexity index is 1690. The lowest BCUT2D eigenvalue weighted by Gasteiger charge is -2.37. The van der Waals surface area contributed by atoms with Gasteiger partial charge in [-0.1, -0.05) is 72.3 Å². The van der Waals surface area contributed by atoms with E-state index in [4.69, 9.17) is 16.3 Å². The van der Waals surface area contributed by atoms with E-state index in [0.29, 0.717) is 42.7 Å². The number of nitrogens with zero attached hydrogens (tertiary/aromatic N) is 2. The first-order valence-electron chi connectivity index (χ1n) is 17.2. The molecule has 8 nitrogen and oxygen atoms in total. The molecule has 0 unspecified atom stereocenters. The van der Waals surface area contributed by atoms with Crippen LogP contribution in [0.25, 0.3) is 11.6 Å². The molecule has 0 saturated carbocycles. The molecule has 0 spiro atoms. The number of fused-ring (bicyclic) bond motifs is 1. The van der Waals surface area contributed by atoms with E-state index in [0.717, 1.165) is 41.9 Å². The van der Waals surface area contributed by atoms with Crippen molar-refractivity contribution in [2.75, 3.05) is 33.4 Å². The van der Waals surface area contributed by atoms with Gasteiger partial charge in [-0.05, 0) is 89.8 Å². The van der Waals surface area contributed by atoms with Gasteiger partial charge in [0.2, 0.25) is 11.8 Å². The number of imide groups is 1. The number of carbonyl (C=O) groups excluding carboxylic acids is 2. The number of aliphatic hydroxyl groups excluding tert-OH is 2. The Kier molecular flexibility index (Phi) is 11.3. The van der Waals surface area contributed by atoms with E-state index in [1.807, 2.05) is 54.6 Å². The van der Waals surface area contributed by atoms with E-state index < -0.39 is 23.9 Å². The van der Waals surface area contributed by atoms with Gasteiger partial charge in [0.1, 0.15) is 5.75 Å². The van der Waals surface area contributed by atoms with Crippen LogP contribution in [-0.4, -0.2) is 82.5 Å². The van der Waals surface area contributed by atoms with Crippen LogP contribution in [0.15, 0.2) is 90.0 Å². The van der Waals surface area contributed by atoms with Gasteiger partial charge in [0, 0.05) is 38.7 Å². The zero-order chi connectivity index (χ0) is 34.5. The van der Waals surface area contributed by atoms with Gasteiger partial charge in [-0.2, -0.15) is 0 Å². The molecule has 3 aromatic rings. The van der Waals surface area contributed by atoms with Crippen LogP contribution < -0.4 is 0 Å². The van der Waals surface area contributed by atoms with Gasteiger partial charge in [-0.15, -0.1) is 0 Å². The Morgan fingerprint density at radius 1 is 1.00 bits per heavy atom. The Hall–Kier alpha value is -3.79. The maximum Gasteiger partial charge on any atom is 0.234 e. The molecule has 3 aromatic carbocycles. The highest BCUT2D eigenvalue weighted by molar-refractivity contribution is 6.32. The maximum absolute atomic E-state index is 14.1. The number of ether oxygens (including phenoxy) is 1. The minimum Gasteiger partial charge on any atom is -0.508 e. The summed E-state index contributed by atoms with van der Waals surface area (Å²) in [4.78, 5) is 32.0. The van der Waals surface area contributed by atoms with Crippen molar-refractivity contribution in [2.45, 2.75) is 50.8 Å². The van der Waals surface area contributed by atoms with E-state index in [9.17, 15) is 24.9 Å². The number of rotatable bonds is 12. The third kappa shape index (κ3) is 7.69. The molecule has 2 heterocycles. The van der Waals surface area contributed by atoms with Crippen LogP contribution in [0.1, 0.15) is 48.8 Å². The standard InChI is InChI=1S/C40H45ClN2O6/c1-49-25-30-21-33-38(40(48)43(39(33)47)31-16-18-42(19-17-31)23-26-8-4-2-5-9-26)34(24-44)37(30)36(46)15-13-28(27-10-6-3-7-11-27)20-29-12-14-32(45)22-35(29)41/h2-12,14,20,22,31,33-34,36,38,44-46H,13,15-19,21,23-25H2,1H3/b28-20-/t33-,34+,36-,38-/m1/s1. The summed E-state index contributed by atoms with van der Waals surface area (Å²) in [5.74, 6) is -2.31. The lowest BCUT2D eigenvalue weighted by molar-refractivity contribution is -0.144. The summed E-state index contributed by atoms with van der Waals surface area (Å²) >= 11 is 6.45. The number of aromatic hydroxyl groups is 1. The van der Waals surface area contributed by atoms with Crippen LogP contribution >= 0.6 is 11.6 Å². The quantitative estimate of drug-likeness (QED) is 0.123. The monoisotopic (exact) mass is 684 g/mol. The number of hydrogen-bond acceptors (Lipinski definition) is 7. The molecule has 258 valence electrons. The highest BCUT2D eigenvalue weighted by Gasteiger charge is 2.56. The lowest BCUT2D eigenvalue weighted by Crippen LogP contribution is -2.47. The van der Waals surface area contributed by atoms with Gasteiger partial charge in [0.05, 0.1) is 36.2 Å². The highest BCUT2D eigenvalue weighted by Crippen LogP contribution is 2.47. The summed E-state index contributed by atoms with van der Waals surface area (Å²) in [7, 11) is 1.58. The number of benzene rings is 3. The van der Waals surface area contributed by atoms with E-state index in [2.05, 4.69) is 17.0 Å². The second kappa shape index (κ2) is 15.8. The summed E-state index contributed by atoms with van der Waals surface area (Å²) in [6.07, 6.45) is 3.51. The topological polar surface area (TPSA) is 111 Å². The highest BCUT2D eigenvalue weighted by atomic mass is 35.5. The van der Waals surface area contributed by atoms with Crippen LogP contribution in [0.3, 0.4) is 0 Å². The van der Waals surface area contributed by atoms with Crippen LogP contribution in [-0.2, 0) is 20.9 Å². The molecule has 49 heavy (non-hydrogen) atoms. The smallest absolute Gasteiger partial charge is 0.234 e. The Morgan fingerprint density at radius 2 is 1.69 bits per heavy atom. The first kappa shape index (κ1) is 35.1. The second-order valence-corrected chi connectivity index (χ2v) is 13.9. The summed E-state index contributed by atoms with van der Waals surface area (Å²) in [5, 5.41) is 32.9. The first-order chi connectivity index (χ1) is 23.8. The molecule has 6 rings (SSSR count). The first-order valence-corrected chi connectivity index (χ1v) is 17.5. The van der Waals surface area contributed by atoms with Gasteiger partial charge in [0.15, 0.2) is 0 Å². The molecule has 3 N–H and O–H groups in total. The number of amides is 2. The van der Waals surface area contributed by atoms with Crippen molar-refractivity contribution in [2.24, 2.45) is 17.8 Å². The number of halogens is 1. The van der Waals surface area contributed by atoms with Crippen molar-refractivity contribution in [3.63, 3.8) is 0 Å². The predicted octanol–water partition coefficient (Wildman–Crippen LogP) is 5.95. The second-order valence-electron chi connectivity index (χ2n) is 13.5. The fourth-order valence-corrected chi connectivity index (χ4v) is 8.28. The molecule has 2 aliphatic heterocycles. The van der Waals surface area contributed by atoms with Crippen molar-refractivity contribution in [1.82, 2.24) is 9.80 Å². The Balaban J connectivity index is 1.20. The molecule has 0 aromatic heterocycles. The summed E-state index contributed by atoms with van der Waals surface area (Å²) < 4.78 is 5.55. The van der Waals surface area contributed by atoms with E-state index in [1.54, 1.807) is 19.2 Å². The van der Waals surface area contributed by atoms with Crippen molar-refractivity contribution in [3.05, 3.63) is 112 Å². The minimum atomic E-state index is -0.969. The molecule has 3 aliphatic rings. The largest absolute Gasteiger partial charge is 0.508 e. The van der Waals surface area contributed by atoms with E-state index in [1.165, 1.54) is 16.5 Å². The van der Waals surface area contributed by atoms with Crippen molar-refractivity contribution >= 4 is 35.1 Å². The third-order valence-corrected chi connectivity index (χ3v) is 10.7. The summed E-state index contributed by atoms with van der Waals surface area (Å²) in [5.41, 5.74) is 5.28. The van der Waals surface area contributed by atoms with Gasteiger partial charge in [-0.3, -0.25) is 19.4 Å². The average molecular weight is 685 g/mol. The number of methoxy groups -OCH3 is 1. The molecule has 0 bridgehead atoms. The molecular weight excluding hydrogens is 640 g/mol. The number of allylic oxidation sites excluding steroid dienone is 1.